The second kappa shape index (κ2) is 11.5. The van der Waals surface area contributed by atoms with Gasteiger partial charge in [-0.15, -0.1) is 0 Å². The van der Waals surface area contributed by atoms with E-state index in [-0.39, 0.29) is 0 Å². The second-order valence-electron chi connectivity index (χ2n) is 7.73. The van der Waals surface area contributed by atoms with Crippen LogP contribution in [0.2, 0.25) is 0 Å². The van der Waals surface area contributed by atoms with Gasteiger partial charge in [0.2, 0.25) is 0 Å². The molecule has 0 bridgehead atoms. The molecule has 1 nitrogen and oxygen atoms in total. The molecular formula is C26H32OZr. The van der Waals surface area contributed by atoms with E-state index < -0.39 is 20.7 Å². The number of rotatable bonds is 11. The molecule has 0 atom stereocenters. The summed E-state index contributed by atoms with van der Waals surface area (Å²) in [6.07, 6.45) is 3.67. The van der Waals surface area contributed by atoms with Gasteiger partial charge in [-0.25, -0.2) is 0 Å². The molecule has 0 unspecified atom stereocenters. The Morgan fingerprint density at radius 1 is 0.571 bits per heavy atom. The SMILES string of the molecule is CCCCC[O][Zr]([CH2]c1ccccc1)([CH2]c1ccccc1)[CH2]c1ccccc1. The normalized spacial score (nSPS) is 11.5. The van der Waals surface area contributed by atoms with Crippen LogP contribution in [0.5, 0.6) is 0 Å². The van der Waals surface area contributed by atoms with Crippen LogP contribution in [0.15, 0.2) is 91.0 Å². The molecule has 146 valence electrons. The molecule has 0 aliphatic carbocycles. The first kappa shape index (κ1) is 21.2. The van der Waals surface area contributed by atoms with Crippen molar-refractivity contribution in [2.24, 2.45) is 0 Å². The van der Waals surface area contributed by atoms with Crippen molar-refractivity contribution in [1.29, 1.82) is 0 Å². The minimum absolute atomic E-state index is 0.913. The molecule has 3 aromatic carbocycles. The van der Waals surface area contributed by atoms with Crippen molar-refractivity contribution in [1.82, 2.24) is 0 Å². The standard InChI is InChI=1S/3C7H7.C5H11O.Zr/c3*1-7-5-3-2-4-6-7;1-2-3-4-5-6;/h3*2-6H,1H2;2-5H2,1H3;/q;;;-1;+1. The first-order valence-corrected chi connectivity index (χ1v) is 16.8. The Labute approximate surface area is 175 Å². The molecule has 28 heavy (non-hydrogen) atoms. The van der Waals surface area contributed by atoms with Gasteiger partial charge in [0.25, 0.3) is 0 Å². The molecule has 2 heteroatoms. The molecule has 3 aromatic rings. The van der Waals surface area contributed by atoms with Gasteiger partial charge >= 0.3 is 176 Å². The molecule has 0 radical (unpaired) electrons. The van der Waals surface area contributed by atoms with Crippen molar-refractivity contribution < 1.29 is 23.5 Å². The van der Waals surface area contributed by atoms with Gasteiger partial charge in [0, 0.05) is 0 Å². The zero-order chi connectivity index (χ0) is 19.5. The Morgan fingerprint density at radius 2 is 0.964 bits per heavy atom. The number of hydrogen-bond donors (Lipinski definition) is 0. The van der Waals surface area contributed by atoms with Crippen molar-refractivity contribution in [2.75, 3.05) is 6.61 Å². The molecule has 3 rings (SSSR count). The maximum atomic E-state index is 6.95. The van der Waals surface area contributed by atoms with E-state index in [4.69, 9.17) is 2.81 Å². The zero-order valence-electron chi connectivity index (χ0n) is 17.0. The molecule has 0 saturated carbocycles. The monoisotopic (exact) mass is 450 g/mol. The summed E-state index contributed by atoms with van der Waals surface area (Å²) < 4.78 is 10.3. The summed E-state index contributed by atoms with van der Waals surface area (Å²) in [5.41, 5.74) is 4.29. The van der Waals surface area contributed by atoms with E-state index in [2.05, 4.69) is 97.9 Å². The summed E-state index contributed by atoms with van der Waals surface area (Å²) in [6.45, 7) is 3.17. The van der Waals surface area contributed by atoms with Gasteiger partial charge in [-0.05, 0) is 0 Å². The summed E-state index contributed by atoms with van der Waals surface area (Å²) in [5.74, 6) is 0. The Morgan fingerprint density at radius 3 is 1.32 bits per heavy atom. The van der Waals surface area contributed by atoms with Crippen LogP contribution >= 0.6 is 0 Å². The third-order valence-corrected chi connectivity index (χ3v) is 15.0. The second-order valence-corrected chi connectivity index (χ2v) is 16.9. The summed E-state index contributed by atoms with van der Waals surface area (Å²) in [7, 11) is 0. The van der Waals surface area contributed by atoms with Crippen LogP contribution in [0.3, 0.4) is 0 Å². The van der Waals surface area contributed by atoms with Crippen LogP contribution in [0.25, 0.3) is 0 Å². The van der Waals surface area contributed by atoms with Gasteiger partial charge in [-0.2, -0.15) is 0 Å². The predicted octanol–water partition coefficient (Wildman–Crippen LogP) is 6.86. The van der Waals surface area contributed by atoms with E-state index in [0.29, 0.717) is 0 Å². The average molecular weight is 452 g/mol. The summed E-state index contributed by atoms with van der Waals surface area (Å²) in [5, 5.41) is 0. The van der Waals surface area contributed by atoms with E-state index in [1.807, 2.05) is 0 Å². The Hall–Kier alpha value is -1.50. The number of benzene rings is 3. The van der Waals surface area contributed by atoms with Crippen LogP contribution in [0.4, 0.5) is 0 Å². The first-order valence-electron chi connectivity index (χ1n) is 10.6. The van der Waals surface area contributed by atoms with Gasteiger partial charge in [0.05, 0.1) is 0 Å². The van der Waals surface area contributed by atoms with Crippen molar-refractivity contribution in [2.45, 2.75) is 38.6 Å². The molecule has 0 amide bonds. The van der Waals surface area contributed by atoms with Gasteiger partial charge < -0.3 is 0 Å². The zero-order valence-corrected chi connectivity index (χ0v) is 19.5. The van der Waals surface area contributed by atoms with Gasteiger partial charge in [-0.1, -0.05) is 0 Å². The van der Waals surface area contributed by atoms with Crippen molar-refractivity contribution >= 4 is 0 Å². The maximum absolute atomic E-state index is 6.95. The molecule has 0 saturated heterocycles. The molecule has 0 N–H and O–H groups in total. The average Bonchev–Trinajstić information content (AvgIpc) is 2.73. The Bertz CT molecular complexity index is 685. The van der Waals surface area contributed by atoms with Gasteiger partial charge in [0.1, 0.15) is 0 Å². The molecule has 0 fully saturated rings. The quantitative estimate of drug-likeness (QED) is 0.289. The first-order chi connectivity index (χ1) is 13.8. The minimum atomic E-state index is -3.00. The number of hydrogen-bond acceptors (Lipinski definition) is 1. The van der Waals surface area contributed by atoms with Crippen LogP contribution in [-0.4, -0.2) is 6.61 Å². The molecule has 0 heterocycles. The fraction of sp³-hybridized carbons (Fsp3) is 0.308. The molecule has 0 aliphatic heterocycles. The fourth-order valence-corrected chi connectivity index (χ4v) is 14.2. The van der Waals surface area contributed by atoms with Gasteiger partial charge in [-0.3, -0.25) is 0 Å². The molecule has 0 aromatic heterocycles. The number of unbranched alkanes of at least 4 members (excludes halogenated alkanes) is 2. The van der Waals surface area contributed by atoms with Crippen LogP contribution in [0, 0.1) is 0 Å². The predicted molar refractivity (Wildman–Crippen MR) is 116 cm³/mol. The van der Waals surface area contributed by atoms with Crippen molar-refractivity contribution in [3.63, 3.8) is 0 Å². The third-order valence-electron chi connectivity index (χ3n) is 5.26. The molecule has 0 spiro atoms. The van der Waals surface area contributed by atoms with E-state index >= 15 is 0 Å². The van der Waals surface area contributed by atoms with E-state index in [0.717, 1.165) is 19.0 Å². The topological polar surface area (TPSA) is 9.23 Å². The van der Waals surface area contributed by atoms with Crippen LogP contribution < -0.4 is 0 Å². The van der Waals surface area contributed by atoms with Gasteiger partial charge in [0.15, 0.2) is 0 Å². The Kier molecular flexibility index (Phi) is 8.71. The van der Waals surface area contributed by atoms with E-state index in [9.17, 15) is 0 Å². The van der Waals surface area contributed by atoms with E-state index in [1.54, 1.807) is 0 Å². The van der Waals surface area contributed by atoms with E-state index in [1.165, 1.54) is 36.0 Å². The molecule has 0 aliphatic rings. The van der Waals surface area contributed by atoms with Crippen LogP contribution in [0.1, 0.15) is 42.9 Å². The van der Waals surface area contributed by atoms with Crippen LogP contribution in [-0.2, 0) is 35.9 Å². The fourth-order valence-electron chi connectivity index (χ4n) is 3.88. The van der Waals surface area contributed by atoms with Crippen molar-refractivity contribution in [3.8, 4) is 0 Å². The third kappa shape index (κ3) is 6.83. The summed E-state index contributed by atoms with van der Waals surface area (Å²) in [4.78, 5) is 0. The summed E-state index contributed by atoms with van der Waals surface area (Å²) >= 11 is -3.00. The van der Waals surface area contributed by atoms with Crippen molar-refractivity contribution in [3.05, 3.63) is 108 Å². The summed E-state index contributed by atoms with van der Waals surface area (Å²) in [6, 6.07) is 32.9. The Balaban J connectivity index is 1.90. The molecular weight excluding hydrogens is 420 g/mol.